The van der Waals surface area contributed by atoms with E-state index in [1.54, 1.807) is 7.11 Å². The molecule has 1 aliphatic carbocycles. The van der Waals surface area contributed by atoms with Crippen LogP contribution in [0.15, 0.2) is 22.7 Å². The van der Waals surface area contributed by atoms with Gasteiger partial charge in [0, 0.05) is 17.1 Å². The van der Waals surface area contributed by atoms with E-state index in [-0.39, 0.29) is 17.8 Å². The Labute approximate surface area is 110 Å². The Kier molecular flexibility index (Phi) is 3.69. The number of methoxy groups -OCH3 is 1. The highest BCUT2D eigenvalue weighted by atomic mass is 79.9. The standard InChI is InChI=1S/C14H17BrO2/c1-4-9-12(14(9)17-3)13(16)10-6-5-8(2)7-11(10)15/h5-7,9,12,14H,4H2,1-3H3. The second-order valence-corrected chi connectivity index (χ2v) is 5.50. The van der Waals surface area contributed by atoms with Crippen LogP contribution < -0.4 is 0 Å². The molecule has 3 unspecified atom stereocenters. The molecule has 0 bridgehead atoms. The van der Waals surface area contributed by atoms with Crippen LogP contribution in [-0.4, -0.2) is 19.0 Å². The van der Waals surface area contributed by atoms with Crippen LogP contribution in [0, 0.1) is 18.8 Å². The lowest BCUT2D eigenvalue weighted by Gasteiger charge is -2.04. The number of ether oxygens (including phenoxy) is 1. The van der Waals surface area contributed by atoms with Gasteiger partial charge in [-0.2, -0.15) is 0 Å². The Morgan fingerprint density at radius 2 is 2.18 bits per heavy atom. The van der Waals surface area contributed by atoms with Crippen molar-refractivity contribution in [2.24, 2.45) is 11.8 Å². The number of halogens is 1. The summed E-state index contributed by atoms with van der Waals surface area (Å²) in [7, 11) is 1.69. The molecule has 92 valence electrons. The molecule has 1 saturated carbocycles. The van der Waals surface area contributed by atoms with E-state index in [1.165, 1.54) is 0 Å². The summed E-state index contributed by atoms with van der Waals surface area (Å²) in [4.78, 5) is 12.4. The van der Waals surface area contributed by atoms with Crippen LogP contribution in [0.4, 0.5) is 0 Å². The molecule has 1 fully saturated rings. The highest BCUT2D eigenvalue weighted by molar-refractivity contribution is 9.10. The van der Waals surface area contributed by atoms with E-state index in [1.807, 2.05) is 25.1 Å². The van der Waals surface area contributed by atoms with Crippen LogP contribution >= 0.6 is 15.9 Å². The molecule has 3 atom stereocenters. The molecule has 0 N–H and O–H groups in total. The average molecular weight is 297 g/mol. The molecule has 0 saturated heterocycles. The van der Waals surface area contributed by atoms with Gasteiger partial charge < -0.3 is 4.74 Å². The fourth-order valence-electron chi connectivity index (χ4n) is 2.49. The molecule has 0 aliphatic heterocycles. The van der Waals surface area contributed by atoms with Gasteiger partial charge in [-0.1, -0.05) is 35.3 Å². The maximum absolute atomic E-state index is 12.4. The largest absolute Gasteiger partial charge is 0.380 e. The Hall–Kier alpha value is -0.670. The van der Waals surface area contributed by atoms with Crippen molar-refractivity contribution in [3.05, 3.63) is 33.8 Å². The van der Waals surface area contributed by atoms with E-state index in [0.29, 0.717) is 5.92 Å². The number of Topliss-reactive ketones (excluding diaryl/α,β-unsaturated/α-hetero) is 1. The predicted molar refractivity (Wildman–Crippen MR) is 71.3 cm³/mol. The summed E-state index contributed by atoms with van der Waals surface area (Å²) in [6.45, 7) is 4.12. The third-order valence-corrected chi connectivity index (χ3v) is 4.19. The van der Waals surface area contributed by atoms with Gasteiger partial charge in [0.25, 0.3) is 0 Å². The summed E-state index contributed by atoms with van der Waals surface area (Å²) >= 11 is 3.47. The van der Waals surface area contributed by atoms with E-state index >= 15 is 0 Å². The molecule has 1 aromatic carbocycles. The lowest BCUT2D eigenvalue weighted by Crippen LogP contribution is -2.07. The molecule has 0 amide bonds. The zero-order valence-corrected chi connectivity index (χ0v) is 12.0. The highest BCUT2D eigenvalue weighted by Crippen LogP contribution is 2.46. The summed E-state index contributed by atoms with van der Waals surface area (Å²) in [6, 6.07) is 5.86. The molecule has 1 aromatic rings. The number of hydrogen-bond acceptors (Lipinski definition) is 2. The first kappa shape index (κ1) is 12.8. The van der Waals surface area contributed by atoms with E-state index in [4.69, 9.17) is 4.74 Å². The second-order valence-electron chi connectivity index (χ2n) is 4.65. The Morgan fingerprint density at radius 1 is 1.47 bits per heavy atom. The average Bonchev–Trinajstić information content (AvgIpc) is 3.01. The summed E-state index contributed by atoms with van der Waals surface area (Å²) in [5, 5.41) is 0. The number of rotatable bonds is 4. The minimum atomic E-state index is 0.0454. The molecule has 0 radical (unpaired) electrons. The topological polar surface area (TPSA) is 26.3 Å². The van der Waals surface area contributed by atoms with Gasteiger partial charge in [0.15, 0.2) is 5.78 Å². The molecular weight excluding hydrogens is 280 g/mol. The summed E-state index contributed by atoms with van der Waals surface area (Å²) < 4.78 is 6.24. The second kappa shape index (κ2) is 4.91. The van der Waals surface area contributed by atoms with Crippen LogP contribution in [-0.2, 0) is 4.74 Å². The summed E-state index contributed by atoms with van der Waals surface area (Å²) in [5.41, 5.74) is 1.93. The number of hydrogen-bond donors (Lipinski definition) is 0. The van der Waals surface area contributed by atoms with E-state index in [9.17, 15) is 4.79 Å². The quantitative estimate of drug-likeness (QED) is 0.794. The van der Waals surface area contributed by atoms with Gasteiger partial charge in [0.2, 0.25) is 0 Å². The number of carbonyl (C=O) groups excluding carboxylic acids is 1. The Balaban J connectivity index is 2.21. The molecule has 2 rings (SSSR count). The maximum atomic E-state index is 12.4. The van der Waals surface area contributed by atoms with Crippen molar-refractivity contribution >= 4 is 21.7 Å². The van der Waals surface area contributed by atoms with Gasteiger partial charge >= 0.3 is 0 Å². The number of benzene rings is 1. The molecule has 0 heterocycles. The van der Waals surface area contributed by atoms with E-state index in [0.717, 1.165) is 22.0 Å². The molecule has 17 heavy (non-hydrogen) atoms. The fraction of sp³-hybridized carbons (Fsp3) is 0.500. The van der Waals surface area contributed by atoms with Gasteiger partial charge in [-0.05, 0) is 30.5 Å². The van der Waals surface area contributed by atoms with Gasteiger partial charge in [-0.15, -0.1) is 0 Å². The molecule has 0 aromatic heterocycles. The van der Waals surface area contributed by atoms with Crippen molar-refractivity contribution in [3.63, 3.8) is 0 Å². The molecule has 3 heteroatoms. The number of aryl methyl sites for hydroxylation is 1. The van der Waals surface area contributed by atoms with Crippen LogP contribution in [0.25, 0.3) is 0 Å². The molecule has 0 spiro atoms. The van der Waals surface area contributed by atoms with E-state index in [2.05, 4.69) is 22.9 Å². The molecule has 2 nitrogen and oxygen atoms in total. The van der Waals surface area contributed by atoms with Crippen LogP contribution in [0.1, 0.15) is 29.3 Å². The minimum Gasteiger partial charge on any atom is -0.380 e. The zero-order valence-electron chi connectivity index (χ0n) is 10.4. The van der Waals surface area contributed by atoms with Crippen molar-refractivity contribution in [2.75, 3.05) is 7.11 Å². The maximum Gasteiger partial charge on any atom is 0.170 e. The third kappa shape index (κ3) is 2.31. The van der Waals surface area contributed by atoms with Crippen molar-refractivity contribution in [2.45, 2.75) is 26.4 Å². The van der Waals surface area contributed by atoms with Gasteiger partial charge in [0.05, 0.1) is 12.0 Å². The van der Waals surface area contributed by atoms with Crippen LogP contribution in [0.3, 0.4) is 0 Å². The highest BCUT2D eigenvalue weighted by Gasteiger charge is 2.54. The van der Waals surface area contributed by atoms with Gasteiger partial charge in [-0.25, -0.2) is 0 Å². The lowest BCUT2D eigenvalue weighted by atomic mass is 10.0. The minimum absolute atomic E-state index is 0.0454. The fourth-order valence-corrected chi connectivity index (χ4v) is 3.18. The Bertz CT molecular complexity index is 432. The predicted octanol–water partition coefficient (Wildman–Crippen LogP) is 3.61. The smallest absolute Gasteiger partial charge is 0.170 e. The summed E-state index contributed by atoms with van der Waals surface area (Å²) in [6.07, 6.45) is 1.11. The van der Waals surface area contributed by atoms with Crippen molar-refractivity contribution in [3.8, 4) is 0 Å². The first-order chi connectivity index (χ1) is 8.10. The van der Waals surface area contributed by atoms with Crippen LogP contribution in [0.5, 0.6) is 0 Å². The monoisotopic (exact) mass is 296 g/mol. The summed E-state index contributed by atoms with van der Waals surface area (Å²) in [5.74, 6) is 0.639. The number of carbonyl (C=O) groups is 1. The van der Waals surface area contributed by atoms with E-state index < -0.39 is 0 Å². The zero-order chi connectivity index (χ0) is 12.6. The normalized spacial score (nSPS) is 26.9. The van der Waals surface area contributed by atoms with Crippen molar-refractivity contribution < 1.29 is 9.53 Å². The van der Waals surface area contributed by atoms with Gasteiger partial charge in [0.1, 0.15) is 0 Å². The first-order valence-corrected chi connectivity index (χ1v) is 6.72. The number of ketones is 1. The molecule has 1 aliphatic rings. The van der Waals surface area contributed by atoms with Crippen molar-refractivity contribution in [1.82, 2.24) is 0 Å². The lowest BCUT2D eigenvalue weighted by molar-refractivity contribution is 0.0918. The Morgan fingerprint density at radius 3 is 2.65 bits per heavy atom. The van der Waals surface area contributed by atoms with Crippen molar-refractivity contribution in [1.29, 1.82) is 0 Å². The SMILES string of the molecule is CCC1C(OC)C1C(=O)c1ccc(C)cc1Br. The molecular formula is C14H17BrO2. The third-order valence-electron chi connectivity index (χ3n) is 3.53. The first-order valence-electron chi connectivity index (χ1n) is 5.93. The van der Waals surface area contributed by atoms with Crippen LogP contribution in [0.2, 0.25) is 0 Å². The van der Waals surface area contributed by atoms with Gasteiger partial charge in [-0.3, -0.25) is 4.79 Å².